The molecule has 0 radical (unpaired) electrons. The number of aromatic nitrogens is 2. The minimum atomic E-state index is -0.720. The molecule has 188 valence electrons. The van der Waals surface area contributed by atoms with Crippen molar-refractivity contribution in [3.63, 3.8) is 0 Å². The maximum absolute atomic E-state index is 13.2. The Morgan fingerprint density at radius 3 is 2.69 bits per heavy atom. The summed E-state index contributed by atoms with van der Waals surface area (Å²) in [4.78, 5) is 42.5. The number of hydrogen-bond donors (Lipinski definition) is 2. The van der Waals surface area contributed by atoms with Crippen molar-refractivity contribution in [3.05, 3.63) is 52.8 Å². The molecule has 10 heteroatoms. The van der Waals surface area contributed by atoms with Gasteiger partial charge in [-0.3, -0.25) is 24.0 Å². The molecule has 0 aliphatic carbocycles. The Hall–Kier alpha value is -3.24. The summed E-state index contributed by atoms with van der Waals surface area (Å²) < 4.78 is 6.92. The summed E-state index contributed by atoms with van der Waals surface area (Å²) in [5.41, 5.74) is 2.76. The summed E-state index contributed by atoms with van der Waals surface area (Å²) in [5.74, 6) is -0.876. The Morgan fingerprint density at radius 1 is 1.14 bits per heavy atom. The maximum Gasteiger partial charge on any atom is 0.272 e. The first kappa shape index (κ1) is 24.9. The van der Waals surface area contributed by atoms with Crippen molar-refractivity contribution in [2.75, 3.05) is 45.9 Å². The minimum Gasteiger partial charge on any atom is -0.379 e. The summed E-state index contributed by atoms with van der Waals surface area (Å²) in [7, 11) is 0. The molecule has 2 aliphatic heterocycles. The lowest BCUT2D eigenvalue weighted by atomic mass is 10.1. The van der Waals surface area contributed by atoms with Crippen LogP contribution in [0.3, 0.4) is 0 Å². The summed E-state index contributed by atoms with van der Waals surface area (Å²) in [6, 6.07) is 8.81. The lowest BCUT2D eigenvalue weighted by Gasteiger charge is -2.26. The van der Waals surface area contributed by atoms with Crippen molar-refractivity contribution in [1.82, 2.24) is 30.2 Å². The van der Waals surface area contributed by atoms with Crippen molar-refractivity contribution in [1.29, 1.82) is 0 Å². The molecule has 3 amide bonds. The van der Waals surface area contributed by atoms with E-state index in [4.69, 9.17) is 4.74 Å². The second-order valence-electron chi connectivity index (χ2n) is 9.08. The van der Waals surface area contributed by atoms with Crippen molar-refractivity contribution < 1.29 is 19.1 Å². The molecular weight excluding hydrogens is 448 g/mol. The Labute approximate surface area is 205 Å². The van der Waals surface area contributed by atoms with Crippen LogP contribution in [0.4, 0.5) is 0 Å². The normalized spacial score (nSPS) is 17.4. The number of ether oxygens (including phenoxy) is 1. The van der Waals surface area contributed by atoms with Crippen LogP contribution in [0.2, 0.25) is 0 Å². The number of nitrogens with one attached hydrogen (secondary N) is 2. The molecule has 2 aromatic rings. The van der Waals surface area contributed by atoms with Gasteiger partial charge in [-0.2, -0.15) is 5.10 Å². The molecule has 0 unspecified atom stereocenters. The zero-order valence-corrected chi connectivity index (χ0v) is 20.5. The first-order valence-corrected chi connectivity index (χ1v) is 12.2. The largest absolute Gasteiger partial charge is 0.379 e. The van der Waals surface area contributed by atoms with E-state index < -0.39 is 11.9 Å². The third-order valence-electron chi connectivity index (χ3n) is 6.51. The molecule has 1 fully saturated rings. The summed E-state index contributed by atoms with van der Waals surface area (Å²) in [6.45, 7) is 9.73. The molecule has 1 aromatic heterocycles. The number of nitrogens with zero attached hydrogens (tertiary/aromatic N) is 4. The van der Waals surface area contributed by atoms with Gasteiger partial charge in [-0.05, 0) is 31.4 Å². The second kappa shape index (κ2) is 11.5. The van der Waals surface area contributed by atoms with Crippen LogP contribution in [-0.4, -0.2) is 89.3 Å². The molecule has 1 atom stereocenters. The van der Waals surface area contributed by atoms with Gasteiger partial charge in [0.05, 0.1) is 13.2 Å². The average molecular weight is 483 g/mol. The monoisotopic (exact) mass is 482 g/mol. The van der Waals surface area contributed by atoms with E-state index in [2.05, 4.69) is 20.6 Å². The fraction of sp³-hybridized carbons (Fsp3) is 0.520. The molecule has 2 aliphatic rings. The van der Waals surface area contributed by atoms with Crippen LogP contribution in [0, 0.1) is 6.92 Å². The van der Waals surface area contributed by atoms with Gasteiger partial charge in [0.15, 0.2) is 5.69 Å². The van der Waals surface area contributed by atoms with E-state index in [9.17, 15) is 14.4 Å². The van der Waals surface area contributed by atoms with Gasteiger partial charge >= 0.3 is 0 Å². The molecule has 1 saturated heterocycles. The molecular formula is C25H34N6O4. The smallest absolute Gasteiger partial charge is 0.272 e. The summed E-state index contributed by atoms with van der Waals surface area (Å²) in [6.07, 6.45) is 0.745. The number of amides is 3. The predicted molar refractivity (Wildman–Crippen MR) is 130 cm³/mol. The van der Waals surface area contributed by atoms with Crippen LogP contribution < -0.4 is 10.6 Å². The van der Waals surface area contributed by atoms with Crippen LogP contribution in [0.5, 0.6) is 0 Å². The van der Waals surface area contributed by atoms with Crippen molar-refractivity contribution >= 4 is 17.7 Å². The van der Waals surface area contributed by atoms with Gasteiger partial charge in [-0.1, -0.05) is 24.3 Å². The van der Waals surface area contributed by atoms with Gasteiger partial charge in [-0.15, -0.1) is 0 Å². The molecule has 1 aromatic carbocycles. The molecule has 4 rings (SSSR count). The molecule has 0 spiro atoms. The summed E-state index contributed by atoms with van der Waals surface area (Å²) >= 11 is 0. The number of carbonyl (C=O) groups excluding carboxylic acids is 3. The van der Waals surface area contributed by atoms with Crippen LogP contribution >= 0.6 is 0 Å². The van der Waals surface area contributed by atoms with Crippen LogP contribution in [0.15, 0.2) is 30.3 Å². The highest BCUT2D eigenvalue weighted by Gasteiger charge is 2.27. The zero-order valence-electron chi connectivity index (χ0n) is 20.5. The lowest BCUT2D eigenvalue weighted by molar-refractivity contribution is -0.122. The van der Waals surface area contributed by atoms with E-state index in [1.165, 1.54) is 6.07 Å². The van der Waals surface area contributed by atoms with Crippen LogP contribution in [0.25, 0.3) is 0 Å². The zero-order chi connectivity index (χ0) is 24.8. The van der Waals surface area contributed by atoms with E-state index >= 15 is 0 Å². The van der Waals surface area contributed by atoms with Gasteiger partial charge in [-0.25, -0.2) is 0 Å². The minimum absolute atomic E-state index is 0.138. The Bertz CT molecular complexity index is 1060. The number of benzene rings is 1. The lowest BCUT2D eigenvalue weighted by Crippen LogP contribution is -2.47. The average Bonchev–Trinajstić information content (AvgIpc) is 3.23. The molecule has 0 saturated carbocycles. The summed E-state index contributed by atoms with van der Waals surface area (Å²) in [5, 5.41) is 9.92. The van der Waals surface area contributed by atoms with Gasteiger partial charge in [0.25, 0.3) is 11.8 Å². The fourth-order valence-corrected chi connectivity index (χ4v) is 4.34. The van der Waals surface area contributed by atoms with E-state index in [-0.39, 0.29) is 17.5 Å². The highest BCUT2D eigenvalue weighted by molar-refractivity contribution is 5.99. The number of rotatable bonds is 8. The second-order valence-corrected chi connectivity index (χ2v) is 9.08. The predicted octanol–water partition coefficient (Wildman–Crippen LogP) is 0.804. The van der Waals surface area contributed by atoms with E-state index in [0.717, 1.165) is 37.2 Å². The van der Waals surface area contributed by atoms with E-state index in [1.807, 2.05) is 31.2 Å². The number of aryl methyl sites for hydroxylation is 2. The van der Waals surface area contributed by atoms with Crippen molar-refractivity contribution in [3.8, 4) is 0 Å². The van der Waals surface area contributed by atoms with E-state index in [1.54, 1.807) is 16.5 Å². The van der Waals surface area contributed by atoms with Gasteiger partial charge < -0.3 is 20.3 Å². The number of fused-ring (bicyclic) bond motifs is 1. The number of carbonyl (C=O) groups is 3. The molecule has 3 heterocycles. The number of morpholine rings is 1. The first-order valence-electron chi connectivity index (χ1n) is 12.2. The number of hydrogen-bond acceptors (Lipinski definition) is 6. The van der Waals surface area contributed by atoms with Crippen LogP contribution in [-0.2, 0) is 22.6 Å². The van der Waals surface area contributed by atoms with Gasteiger partial charge in [0, 0.05) is 51.9 Å². The van der Waals surface area contributed by atoms with Gasteiger partial charge in [0.1, 0.15) is 11.7 Å². The van der Waals surface area contributed by atoms with Crippen molar-refractivity contribution in [2.45, 2.75) is 39.4 Å². The molecule has 35 heavy (non-hydrogen) atoms. The van der Waals surface area contributed by atoms with E-state index in [0.29, 0.717) is 45.1 Å². The van der Waals surface area contributed by atoms with Crippen LogP contribution in [0.1, 0.15) is 45.4 Å². The Balaban J connectivity index is 1.33. The maximum atomic E-state index is 13.2. The fourth-order valence-electron chi connectivity index (χ4n) is 4.34. The highest BCUT2D eigenvalue weighted by atomic mass is 16.5. The van der Waals surface area contributed by atoms with Gasteiger partial charge in [0.2, 0.25) is 5.91 Å². The molecule has 0 bridgehead atoms. The molecule has 2 N–H and O–H groups in total. The Kier molecular flexibility index (Phi) is 8.14. The third kappa shape index (κ3) is 6.26. The quantitative estimate of drug-likeness (QED) is 0.576. The Morgan fingerprint density at radius 2 is 1.91 bits per heavy atom. The molecule has 10 nitrogen and oxygen atoms in total. The SMILES string of the molecule is Cc1ccccc1CN1CCCn2nc(C(=O)N[C@@H](C)C(=O)NCCN3CCOCC3)cc2C1=O. The van der Waals surface area contributed by atoms with Crippen molar-refractivity contribution in [2.24, 2.45) is 0 Å². The first-order chi connectivity index (χ1) is 16.9. The highest BCUT2D eigenvalue weighted by Crippen LogP contribution is 2.18. The third-order valence-corrected chi connectivity index (χ3v) is 6.51. The topological polar surface area (TPSA) is 109 Å². The standard InChI is InChI=1S/C25H34N6O4/c1-18-6-3-4-7-20(18)17-30-9-5-10-31-22(25(30)34)16-21(28-31)24(33)27-19(2)23(32)26-8-11-29-12-14-35-15-13-29/h3-4,6-7,16,19H,5,8-15,17H2,1-2H3,(H,26,32)(H,27,33)/t19-/m0/s1.